The number of hydrogen-bond donors (Lipinski definition) is 0. The Kier molecular flexibility index (Phi) is 9.14. The number of para-hydroxylation sites is 2. The second-order valence-electron chi connectivity index (χ2n) is 20.2. The van der Waals surface area contributed by atoms with Crippen LogP contribution < -0.4 is 9.64 Å². The van der Waals surface area contributed by atoms with Gasteiger partial charge in [-0.3, -0.25) is 0 Å². The SMILES string of the molecule is c1ccc(-c2ccc(-c3ccc(N(c4ccc5c(c4)C4(c6ccccc6Sc6cc7ccccc7cc64)c4ccccc4-5)c4cccc5c4-c4ccccc4C54c5ccccc5Oc5ccccc54)cc3)cc2)cc1. The van der Waals surface area contributed by atoms with Gasteiger partial charge < -0.3 is 9.64 Å². The van der Waals surface area contributed by atoms with Gasteiger partial charge in [-0.2, -0.15) is 0 Å². The van der Waals surface area contributed by atoms with E-state index in [4.69, 9.17) is 4.74 Å². The van der Waals surface area contributed by atoms with E-state index >= 15 is 0 Å². The molecule has 12 aromatic carbocycles. The third-order valence-corrected chi connectivity index (χ3v) is 17.7. The molecule has 75 heavy (non-hydrogen) atoms. The van der Waals surface area contributed by atoms with Crippen molar-refractivity contribution in [2.45, 2.75) is 20.6 Å². The predicted octanol–water partition coefficient (Wildman–Crippen LogP) is 18.9. The van der Waals surface area contributed by atoms with Gasteiger partial charge in [0.1, 0.15) is 11.5 Å². The second-order valence-corrected chi connectivity index (χ2v) is 21.3. The number of ether oxygens (including phenoxy) is 1. The molecule has 1 unspecified atom stereocenters. The van der Waals surface area contributed by atoms with Gasteiger partial charge in [0.15, 0.2) is 0 Å². The van der Waals surface area contributed by atoms with Crippen LogP contribution in [0.1, 0.15) is 44.5 Å². The van der Waals surface area contributed by atoms with Gasteiger partial charge in [0.05, 0.1) is 16.5 Å². The van der Waals surface area contributed by atoms with E-state index in [0.717, 1.165) is 39.7 Å². The average Bonchev–Trinajstić information content (AvgIpc) is 4.15. The molecule has 0 fully saturated rings. The molecule has 0 saturated carbocycles. The molecule has 0 N–H and O–H groups in total. The number of benzene rings is 12. The number of nitrogens with zero attached hydrogens (tertiary/aromatic N) is 1. The maximum atomic E-state index is 6.77. The number of anilines is 3. The molecule has 2 aliphatic heterocycles. The Labute approximate surface area is 440 Å². The van der Waals surface area contributed by atoms with Crippen LogP contribution in [0, 0.1) is 0 Å². The minimum atomic E-state index is -0.617. The molecule has 2 aliphatic carbocycles. The molecule has 2 nitrogen and oxygen atoms in total. The van der Waals surface area contributed by atoms with E-state index in [0.29, 0.717) is 0 Å². The lowest BCUT2D eigenvalue weighted by Gasteiger charge is -2.40. The molecule has 2 heterocycles. The Balaban J connectivity index is 0.956. The van der Waals surface area contributed by atoms with Gasteiger partial charge in [-0.05, 0) is 144 Å². The van der Waals surface area contributed by atoms with Crippen LogP contribution >= 0.6 is 11.8 Å². The fourth-order valence-corrected chi connectivity index (χ4v) is 14.7. The summed E-state index contributed by atoms with van der Waals surface area (Å²) in [4.78, 5) is 5.12. The first-order valence-electron chi connectivity index (χ1n) is 25.9. The van der Waals surface area contributed by atoms with Gasteiger partial charge >= 0.3 is 0 Å². The zero-order valence-corrected chi connectivity index (χ0v) is 41.6. The van der Waals surface area contributed by atoms with Crippen molar-refractivity contribution in [1.29, 1.82) is 0 Å². The Morgan fingerprint density at radius 3 is 1.49 bits per heavy atom. The van der Waals surface area contributed by atoms with Crippen LogP contribution in [0.25, 0.3) is 55.3 Å². The highest BCUT2D eigenvalue weighted by atomic mass is 32.2. The van der Waals surface area contributed by atoms with Gasteiger partial charge in [-0.25, -0.2) is 0 Å². The maximum Gasteiger partial charge on any atom is 0.132 e. The quantitative estimate of drug-likeness (QED) is 0.171. The summed E-state index contributed by atoms with van der Waals surface area (Å²) in [7, 11) is 0. The first-order valence-corrected chi connectivity index (χ1v) is 26.7. The van der Waals surface area contributed by atoms with Crippen LogP contribution in [0.3, 0.4) is 0 Å². The third kappa shape index (κ3) is 5.93. The first kappa shape index (κ1) is 42.4. The third-order valence-electron chi connectivity index (χ3n) is 16.6. The summed E-state index contributed by atoms with van der Waals surface area (Å²) < 4.78 is 6.77. The fourth-order valence-electron chi connectivity index (χ4n) is 13.5. The largest absolute Gasteiger partial charge is 0.457 e. The summed E-state index contributed by atoms with van der Waals surface area (Å²) in [5.41, 5.74) is 21.9. The highest BCUT2D eigenvalue weighted by Crippen LogP contribution is 2.66. The van der Waals surface area contributed by atoms with E-state index in [1.165, 1.54) is 98.5 Å². The molecule has 0 radical (unpaired) electrons. The van der Waals surface area contributed by atoms with Gasteiger partial charge in [0.2, 0.25) is 0 Å². The molecular formula is C72H45NOS. The summed E-state index contributed by atoms with van der Waals surface area (Å²) in [5, 5.41) is 2.50. The Morgan fingerprint density at radius 1 is 0.293 bits per heavy atom. The van der Waals surface area contributed by atoms with Crippen molar-refractivity contribution in [3.05, 3.63) is 317 Å². The van der Waals surface area contributed by atoms with Crippen LogP contribution in [0.15, 0.2) is 283 Å². The fraction of sp³-hybridized carbons (Fsp3) is 0.0278. The molecule has 3 heteroatoms. The molecule has 12 aromatic rings. The van der Waals surface area contributed by atoms with Crippen LogP contribution in [-0.2, 0) is 10.8 Å². The molecule has 0 saturated heterocycles. The molecule has 1 atom stereocenters. The van der Waals surface area contributed by atoms with Crippen molar-refractivity contribution in [3.8, 4) is 56.0 Å². The minimum Gasteiger partial charge on any atom is -0.457 e. The Bertz CT molecular complexity index is 4260. The summed E-state index contributed by atoms with van der Waals surface area (Å²) in [5.74, 6) is 1.77. The van der Waals surface area contributed by atoms with Crippen molar-refractivity contribution in [1.82, 2.24) is 0 Å². The summed E-state index contributed by atoms with van der Waals surface area (Å²) in [6, 6.07) is 102. The topological polar surface area (TPSA) is 12.5 Å². The second kappa shape index (κ2) is 16.2. The zero-order valence-electron chi connectivity index (χ0n) is 40.7. The smallest absolute Gasteiger partial charge is 0.132 e. The van der Waals surface area contributed by atoms with Crippen LogP contribution in [0.2, 0.25) is 0 Å². The lowest BCUT2D eigenvalue weighted by Crippen LogP contribution is -2.32. The van der Waals surface area contributed by atoms with E-state index in [9.17, 15) is 0 Å². The molecule has 350 valence electrons. The minimum absolute atomic E-state index is 0.574. The normalized spacial score (nSPS) is 15.4. The van der Waals surface area contributed by atoms with E-state index in [-0.39, 0.29) is 0 Å². The summed E-state index contributed by atoms with van der Waals surface area (Å²) >= 11 is 1.90. The molecule has 4 aliphatic rings. The van der Waals surface area contributed by atoms with Crippen molar-refractivity contribution in [2.75, 3.05) is 4.90 Å². The van der Waals surface area contributed by atoms with Gasteiger partial charge in [-0.15, -0.1) is 0 Å². The molecule has 2 spiro atoms. The van der Waals surface area contributed by atoms with Crippen molar-refractivity contribution in [3.63, 3.8) is 0 Å². The lowest BCUT2D eigenvalue weighted by molar-refractivity contribution is 0.436. The molecule has 16 rings (SSSR count). The molecule has 0 bridgehead atoms. The zero-order chi connectivity index (χ0) is 49.2. The van der Waals surface area contributed by atoms with E-state index in [1.54, 1.807) is 0 Å². The first-order chi connectivity index (χ1) is 37.2. The van der Waals surface area contributed by atoms with E-state index in [2.05, 4.69) is 278 Å². The van der Waals surface area contributed by atoms with Gasteiger partial charge in [0.25, 0.3) is 0 Å². The Hall–Kier alpha value is -9.15. The Morgan fingerprint density at radius 2 is 0.787 bits per heavy atom. The molecule has 0 aromatic heterocycles. The average molecular weight is 972 g/mol. The van der Waals surface area contributed by atoms with Crippen molar-refractivity contribution in [2.24, 2.45) is 0 Å². The van der Waals surface area contributed by atoms with Crippen molar-refractivity contribution < 1.29 is 4.74 Å². The molecule has 0 amide bonds. The highest BCUT2D eigenvalue weighted by molar-refractivity contribution is 7.99. The maximum absolute atomic E-state index is 6.77. The summed E-state index contributed by atoms with van der Waals surface area (Å²) in [6.45, 7) is 0. The van der Waals surface area contributed by atoms with Gasteiger partial charge in [0, 0.05) is 37.9 Å². The number of fused-ring (bicyclic) bond motifs is 19. The van der Waals surface area contributed by atoms with E-state index < -0.39 is 10.8 Å². The summed E-state index contributed by atoms with van der Waals surface area (Å²) in [6.07, 6.45) is 0. The van der Waals surface area contributed by atoms with Crippen molar-refractivity contribution >= 4 is 39.6 Å². The standard InChI is InChI=1S/C72H45NOS/c1-2-17-46(18-3-1)47-33-35-48(36-34-47)49-37-39-52(40-38-49)73(65-29-16-28-62-70(65)56-22-7-9-24-58(56)71(62)59-25-10-13-30-66(59)74-67-31-14-11-26-60(67)71)53-41-42-55-54-21-6-8-23-57(54)72(63(55)45-53)61-27-12-15-32-68(61)75-69-44-51-20-5-4-19-50(51)43-64(69)72/h1-45H. The van der Waals surface area contributed by atoms with Crippen LogP contribution in [0.5, 0.6) is 11.5 Å². The number of rotatable bonds is 5. The highest BCUT2D eigenvalue weighted by Gasteiger charge is 2.53. The van der Waals surface area contributed by atoms with E-state index in [1.807, 2.05) is 11.8 Å². The van der Waals surface area contributed by atoms with Crippen LogP contribution in [0.4, 0.5) is 17.1 Å². The predicted molar refractivity (Wildman–Crippen MR) is 308 cm³/mol. The monoisotopic (exact) mass is 971 g/mol. The van der Waals surface area contributed by atoms with Gasteiger partial charge in [-0.1, -0.05) is 224 Å². The lowest BCUT2D eigenvalue weighted by atomic mass is 9.66. The van der Waals surface area contributed by atoms with Crippen LogP contribution in [-0.4, -0.2) is 0 Å². The molecular weight excluding hydrogens is 927 g/mol. The number of hydrogen-bond acceptors (Lipinski definition) is 3.